The molecule has 53 heavy (non-hydrogen) atoms. The molecule has 10 rings (SSSR count). The number of rotatable bonds is 11. The van der Waals surface area contributed by atoms with Crippen LogP contribution in [0.25, 0.3) is 0 Å². The highest BCUT2D eigenvalue weighted by molar-refractivity contribution is 5.89. The summed E-state index contributed by atoms with van der Waals surface area (Å²) >= 11 is 0. The first-order valence-electron chi connectivity index (χ1n) is 17.5. The van der Waals surface area contributed by atoms with Gasteiger partial charge in [-0.25, -0.2) is 9.59 Å². The Morgan fingerprint density at radius 3 is 2.02 bits per heavy atom. The fourth-order valence-electron chi connectivity index (χ4n) is 9.16. The average molecular weight is 747 g/mol. The third-order valence-corrected chi connectivity index (χ3v) is 11.9. The lowest BCUT2D eigenvalue weighted by atomic mass is 9.41. The van der Waals surface area contributed by atoms with Crippen LogP contribution >= 0.6 is 0 Å². The fraction of sp³-hybridized carbons (Fsp3) is 0.611. The third-order valence-electron chi connectivity index (χ3n) is 11.9. The largest absolute Gasteiger partial charge is 0.461 e. The molecule has 3 aliphatic carbocycles. The van der Waals surface area contributed by atoms with Crippen LogP contribution in [0.3, 0.4) is 0 Å². The minimum atomic E-state index is -1.87. The molecule has 16 atom stereocenters. The van der Waals surface area contributed by atoms with E-state index >= 15 is 0 Å². The van der Waals surface area contributed by atoms with E-state index in [1.165, 1.54) is 12.1 Å². The van der Waals surface area contributed by atoms with E-state index in [9.17, 15) is 45.3 Å². The molecule has 0 radical (unpaired) electrons. The number of benzene rings is 2. The van der Waals surface area contributed by atoms with Gasteiger partial charge in [0.25, 0.3) is 0 Å². The smallest absolute Gasteiger partial charge is 0.338 e. The van der Waals surface area contributed by atoms with Gasteiger partial charge < -0.3 is 73.6 Å². The van der Waals surface area contributed by atoms with E-state index in [1.807, 2.05) is 0 Å². The molecule has 6 bridgehead atoms. The second-order valence-electron chi connectivity index (χ2n) is 14.8. The van der Waals surface area contributed by atoms with E-state index in [0.717, 1.165) is 0 Å². The van der Waals surface area contributed by atoms with E-state index < -0.39 is 121 Å². The summed E-state index contributed by atoms with van der Waals surface area (Å²) in [5.41, 5.74) is -3.39. The first-order valence-corrected chi connectivity index (χ1v) is 17.5. The van der Waals surface area contributed by atoms with Crippen LogP contribution in [0, 0.1) is 11.3 Å². The van der Waals surface area contributed by atoms with Crippen LogP contribution in [0.5, 0.6) is 0 Å². The van der Waals surface area contributed by atoms with Gasteiger partial charge in [0.05, 0.1) is 23.1 Å². The van der Waals surface area contributed by atoms with E-state index in [2.05, 4.69) is 0 Å². The van der Waals surface area contributed by atoms with Crippen LogP contribution in [0.1, 0.15) is 40.5 Å². The Balaban J connectivity index is 1.07. The quantitative estimate of drug-likeness (QED) is 0.127. The standard InChI is InChI=1S/C36H42O17/c1-33-15-35(45)21-12-36(33,34(21,32(52-33)53-35)16-47-29(44)18-10-6-3-7-11-18)51-31-26(42)24(40)27(50-30-25(41)23(39)22(38)19(13-37)48-30)20(49-31)14-46-28(43)17-8-4-2-5-9-17/h2-11,19-27,30-32,37-42,45H,12-16H2,1H3/t19-,20-,21-,22-,23+,24-,25-,26-,27-,30+,31+,32-,33+,34+,35-,36+/m1/s1. The van der Waals surface area contributed by atoms with Gasteiger partial charge in [-0.05, 0) is 37.6 Å². The first kappa shape index (κ1) is 36.8. The highest BCUT2D eigenvalue weighted by atomic mass is 16.8. The maximum Gasteiger partial charge on any atom is 0.338 e. The van der Waals surface area contributed by atoms with Gasteiger partial charge in [-0.1, -0.05) is 36.4 Å². The average Bonchev–Trinajstić information content (AvgIpc) is 3.35. The lowest BCUT2D eigenvalue weighted by molar-refractivity contribution is -0.428. The summed E-state index contributed by atoms with van der Waals surface area (Å²) in [5.74, 6) is -3.59. The molecule has 0 spiro atoms. The van der Waals surface area contributed by atoms with E-state index in [-0.39, 0.29) is 25.0 Å². The molecule has 0 unspecified atom stereocenters. The maximum atomic E-state index is 13.1. The summed E-state index contributed by atoms with van der Waals surface area (Å²) in [6.07, 6.45) is -17.8. The van der Waals surface area contributed by atoms with Crippen molar-refractivity contribution in [3.8, 4) is 0 Å². The highest BCUT2D eigenvalue weighted by Crippen LogP contribution is 2.81. The lowest BCUT2D eigenvalue weighted by Crippen LogP contribution is -2.81. The number of ether oxygens (including phenoxy) is 8. The van der Waals surface area contributed by atoms with Crippen LogP contribution in [-0.4, -0.2) is 152 Å². The van der Waals surface area contributed by atoms with E-state index in [0.29, 0.717) is 5.56 Å². The van der Waals surface area contributed by atoms with Crippen molar-refractivity contribution in [1.29, 1.82) is 0 Å². The number of aliphatic hydroxyl groups is 7. The predicted octanol–water partition coefficient (Wildman–Crippen LogP) is -1.67. The molecule has 8 aliphatic rings. The second-order valence-corrected chi connectivity index (χ2v) is 14.8. The zero-order valence-electron chi connectivity index (χ0n) is 28.5. The summed E-state index contributed by atoms with van der Waals surface area (Å²) in [4.78, 5) is 26.1. The molecule has 5 aliphatic heterocycles. The number of hydrogen-bond acceptors (Lipinski definition) is 17. The van der Waals surface area contributed by atoms with Gasteiger partial charge in [-0.15, -0.1) is 0 Å². The molecule has 0 aromatic heterocycles. The van der Waals surface area contributed by atoms with Crippen molar-refractivity contribution in [3.05, 3.63) is 71.8 Å². The molecule has 5 saturated heterocycles. The topological polar surface area (TPSA) is 250 Å². The Morgan fingerprint density at radius 1 is 0.774 bits per heavy atom. The van der Waals surface area contributed by atoms with Crippen LogP contribution < -0.4 is 0 Å². The van der Waals surface area contributed by atoms with Crippen LogP contribution in [0.2, 0.25) is 0 Å². The van der Waals surface area contributed by atoms with Crippen molar-refractivity contribution < 1.29 is 83.2 Å². The van der Waals surface area contributed by atoms with E-state index in [1.54, 1.807) is 55.5 Å². The number of carbonyl (C=O) groups excluding carboxylic acids is 2. The molecule has 2 aromatic carbocycles. The number of carbonyl (C=O) groups is 2. The van der Waals surface area contributed by atoms with Crippen molar-refractivity contribution in [1.82, 2.24) is 0 Å². The predicted molar refractivity (Wildman–Crippen MR) is 171 cm³/mol. The number of esters is 2. The van der Waals surface area contributed by atoms with Crippen molar-refractivity contribution in [2.45, 2.75) is 104 Å². The molecule has 17 heteroatoms. The summed E-state index contributed by atoms with van der Waals surface area (Å²) < 4.78 is 47.9. The summed E-state index contributed by atoms with van der Waals surface area (Å²) in [5, 5.41) is 75.6. The van der Waals surface area contributed by atoms with Crippen molar-refractivity contribution in [3.63, 3.8) is 0 Å². The third kappa shape index (κ3) is 5.48. The van der Waals surface area contributed by atoms with Gasteiger partial charge in [-0.2, -0.15) is 0 Å². The minimum absolute atomic E-state index is 0.0259. The van der Waals surface area contributed by atoms with Gasteiger partial charge in [0.2, 0.25) is 0 Å². The summed E-state index contributed by atoms with van der Waals surface area (Å²) in [6.45, 7) is 0.0885. The Labute approximate surface area is 302 Å². The molecule has 7 N–H and O–H groups in total. The zero-order chi connectivity index (χ0) is 37.5. The molecular weight excluding hydrogens is 704 g/mol. The molecule has 2 aromatic rings. The molecular formula is C36H42O17. The Hall–Kier alpha value is -3.14. The van der Waals surface area contributed by atoms with Crippen molar-refractivity contribution in [2.75, 3.05) is 19.8 Å². The Kier molecular flexibility index (Phi) is 9.21. The monoisotopic (exact) mass is 746 g/mol. The number of hydrogen-bond donors (Lipinski definition) is 7. The Morgan fingerprint density at radius 2 is 1.38 bits per heavy atom. The summed E-state index contributed by atoms with van der Waals surface area (Å²) in [6, 6.07) is 16.3. The van der Waals surface area contributed by atoms with Crippen molar-refractivity contribution in [2.24, 2.45) is 11.3 Å². The maximum absolute atomic E-state index is 13.1. The SMILES string of the molecule is C[C@@]12C[C@@]3(O)O[C@@H](O1)[C@]1(COC(=O)c4ccccc4)[C@H]3C[C@@]12O[C@@H]1O[C@H](COC(=O)c2ccccc2)[C@@H](O[C@@H]2O[C@H](CO)[C@@H](O)[C@H](O)[C@H]2O)[C@H](O)[C@H]1O. The number of aliphatic hydroxyl groups excluding tert-OH is 6. The molecule has 17 nitrogen and oxygen atoms in total. The van der Waals surface area contributed by atoms with Gasteiger partial charge in [0, 0.05) is 12.3 Å². The van der Waals surface area contributed by atoms with Crippen LogP contribution in [0.4, 0.5) is 0 Å². The molecule has 3 saturated carbocycles. The summed E-state index contributed by atoms with van der Waals surface area (Å²) in [7, 11) is 0. The first-order chi connectivity index (χ1) is 25.3. The molecule has 5 heterocycles. The van der Waals surface area contributed by atoms with E-state index in [4.69, 9.17) is 37.9 Å². The Bertz CT molecular complexity index is 1680. The zero-order valence-corrected chi connectivity index (χ0v) is 28.5. The second kappa shape index (κ2) is 13.3. The van der Waals surface area contributed by atoms with Gasteiger partial charge in [0.1, 0.15) is 73.2 Å². The molecule has 8 fully saturated rings. The highest BCUT2D eigenvalue weighted by Gasteiger charge is 2.94. The fourth-order valence-corrected chi connectivity index (χ4v) is 9.16. The normalized spacial score (nSPS) is 46.5. The minimum Gasteiger partial charge on any atom is -0.461 e. The van der Waals surface area contributed by atoms with Crippen LogP contribution in [-0.2, 0) is 37.9 Å². The molecule has 0 amide bonds. The van der Waals surface area contributed by atoms with Gasteiger partial charge >= 0.3 is 11.9 Å². The van der Waals surface area contributed by atoms with Gasteiger partial charge in [0.15, 0.2) is 24.7 Å². The molecule has 288 valence electrons. The van der Waals surface area contributed by atoms with Gasteiger partial charge in [-0.3, -0.25) is 0 Å². The van der Waals surface area contributed by atoms with Crippen molar-refractivity contribution >= 4 is 11.9 Å². The van der Waals surface area contributed by atoms with Crippen LogP contribution in [0.15, 0.2) is 60.7 Å². The lowest BCUT2D eigenvalue weighted by Gasteiger charge is -2.67.